The molecular weight excluding hydrogens is 392 g/mol. The van der Waals surface area contributed by atoms with Gasteiger partial charge in [-0.3, -0.25) is 18.7 Å². The topological polar surface area (TPSA) is 107 Å². The van der Waals surface area contributed by atoms with Crippen molar-refractivity contribution in [1.82, 2.24) is 18.7 Å². The minimum Gasteiger partial charge on any atom is -0.494 e. The van der Waals surface area contributed by atoms with Crippen LogP contribution in [-0.2, 0) is 30.2 Å². The van der Waals surface area contributed by atoms with Gasteiger partial charge in [0, 0.05) is 14.1 Å². The van der Waals surface area contributed by atoms with Gasteiger partial charge < -0.3 is 18.8 Å². The van der Waals surface area contributed by atoms with E-state index in [1.807, 2.05) is 19.1 Å². The largest absolute Gasteiger partial charge is 0.494 e. The van der Waals surface area contributed by atoms with Crippen LogP contribution in [0.2, 0.25) is 0 Å². The molecule has 0 saturated heterocycles. The van der Waals surface area contributed by atoms with Crippen LogP contribution in [0.5, 0.6) is 11.5 Å². The van der Waals surface area contributed by atoms with Crippen molar-refractivity contribution < 1.29 is 19.0 Å². The molecule has 0 unspecified atom stereocenters. The van der Waals surface area contributed by atoms with E-state index >= 15 is 0 Å². The van der Waals surface area contributed by atoms with Gasteiger partial charge in [0.1, 0.15) is 31.3 Å². The molecule has 160 valence electrons. The van der Waals surface area contributed by atoms with Gasteiger partial charge >= 0.3 is 11.7 Å². The molecule has 0 saturated carbocycles. The molecule has 2 aromatic heterocycles. The van der Waals surface area contributed by atoms with E-state index in [0.717, 1.165) is 16.7 Å². The number of imidazole rings is 1. The number of esters is 1. The van der Waals surface area contributed by atoms with Crippen molar-refractivity contribution in [2.75, 3.05) is 19.8 Å². The van der Waals surface area contributed by atoms with Gasteiger partial charge in [-0.05, 0) is 30.7 Å². The van der Waals surface area contributed by atoms with Crippen LogP contribution < -0.4 is 20.7 Å². The lowest BCUT2D eigenvalue weighted by molar-refractivity contribution is -0.145. The highest BCUT2D eigenvalue weighted by atomic mass is 16.6. The van der Waals surface area contributed by atoms with Gasteiger partial charge in [0.25, 0.3) is 5.56 Å². The lowest BCUT2D eigenvalue weighted by atomic mass is 10.3. The molecule has 0 N–H and O–H groups in total. The van der Waals surface area contributed by atoms with Gasteiger partial charge in [-0.25, -0.2) is 9.78 Å². The molecule has 30 heavy (non-hydrogen) atoms. The fourth-order valence-corrected chi connectivity index (χ4v) is 2.87. The molecule has 0 atom stereocenters. The van der Waals surface area contributed by atoms with Crippen molar-refractivity contribution in [3.8, 4) is 11.5 Å². The number of ether oxygens (including phenoxy) is 3. The van der Waals surface area contributed by atoms with Crippen LogP contribution in [0.4, 0.5) is 0 Å². The lowest BCUT2D eigenvalue weighted by Crippen LogP contribution is -2.37. The highest BCUT2D eigenvalue weighted by molar-refractivity contribution is 5.75. The molecule has 10 nitrogen and oxygen atoms in total. The molecule has 3 rings (SSSR count). The monoisotopic (exact) mass is 416 g/mol. The van der Waals surface area contributed by atoms with Crippen molar-refractivity contribution in [2.24, 2.45) is 14.1 Å². The van der Waals surface area contributed by atoms with Gasteiger partial charge in [-0.1, -0.05) is 6.92 Å². The Morgan fingerprint density at radius 3 is 2.23 bits per heavy atom. The Morgan fingerprint density at radius 2 is 1.60 bits per heavy atom. The molecule has 0 spiro atoms. The molecule has 0 aliphatic carbocycles. The van der Waals surface area contributed by atoms with E-state index in [2.05, 4.69) is 4.98 Å². The summed E-state index contributed by atoms with van der Waals surface area (Å²) in [4.78, 5) is 40.5. The molecule has 0 radical (unpaired) electrons. The van der Waals surface area contributed by atoms with Crippen molar-refractivity contribution in [3.05, 3.63) is 51.4 Å². The Balaban J connectivity index is 1.53. The number of rotatable bonds is 9. The van der Waals surface area contributed by atoms with E-state index in [-0.39, 0.29) is 30.9 Å². The zero-order chi connectivity index (χ0) is 21.7. The highest BCUT2D eigenvalue weighted by Gasteiger charge is 2.16. The average Bonchev–Trinajstić information content (AvgIpc) is 3.16. The second-order valence-electron chi connectivity index (χ2n) is 6.64. The molecule has 3 aromatic rings. The smallest absolute Gasteiger partial charge is 0.332 e. The molecule has 0 fully saturated rings. The first-order chi connectivity index (χ1) is 14.4. The SMILES string of the molecule is CCCOc1ccc(OCCOC(=O)Cn2cnc3c2c(=O)n(C)c(=O)n3C)cc1. The van der Waals surface area contributed by atoms with Crippen LogP contribution >= 0.6 is 0 Å². The fourth-order valence-electron chi connectivity index (χ4n) is 2.87. The van der Waals surface area contributed by atoms with E-state index < -0.39 is 17.2 Å². The van der Waals surface area contributed by atoms with E-state index in [9.17, 15) is 14.4 Å². The second kappa shape index (κ2) is 9.29. The molecule has 0 aliphatic heterocycles. The third kappa shape index (κ3) is 4.53. The first-order valence-corrected chi connectivity index (χ1v) is 9.54. The van der Waals surface area contributed by atoms with Crippen LogP contribution in [0.3, 0.4) is 0 Å². The third-order valence-electron chi connectivity index (χ3n) is 4.43. The van der Waals surface area contributed by atoms with Gasteiger partial charge in [-0.15, -0.1) is 0 Å². The number of aromatic nitrogens is 4. The number of carbonyl (C=O) groups excluding carboxylic acids is 1. The lowest BCUT2D eigenvalue weighted by Gasteiger charge is -2.09. The first-order valence-electron chi connectivity index (χ1n) is 9.54. The predicted molar refractivity (Wildman–Crippen MR) is 109 cm³/mol. The summed E-state index contributed by atoms with van der Waals surface area (Å²) in [6.07, 6.45) is 2.27. The normalized spacial score (nSPS) is 10.9. The fraction of sp³-hybridized carbons (Fsp3) is 0.400. The number of aryl methyl sites for hydroxylation is 1. The minimum atomic E-state index is -0.544. The Hall–Kier alpha value is -3.56. The average molecular weight is 416 g/mol. The molecule has 0 amide bonds. The van der Waals surface area contributed by atoms with E-state index in [0.29, 0.717) is 12.4 Å². The summed E-state index contributed by atoms with van der Waals surface area (Å²) in [5.41, 5.74) is -0.626. The summed E-state index contributed by atoms with van der Waals surface area (Å²) in [5, 5.41) is 0. The number of hydrogen-bond acceptors (Lipinski definition) is 7. The Bertz CT molecular complexity index is 1140. The number of hydrogen-bond donors (Lipinski definition) is 0. The quantitative estimate of drug-likeness (QED) is 0.376. The number of carbonyl (C=O) groups is 1. The Labute approximate surface area is 172 Å². The molecule has 1 aromatic carbocycles. The summed E-state index contributed by atoms with van der Waals surface area (Å²) >= 11 is 0. The zero-order valence-corrected chi connectivity index (χ0v) is 17.2. The Kier molecular flexibility index (Phi) is 6.55. The maximum Gasteiger partial charge on any atom is 0.332 e. The molecular formula is C20H24N4O6. The van der Waals surface area contributed by atoms with Crippen molar-refractivity contribution in [2.45, 2.75) is 19.9 Å². The summed E-state index contributed by atoms with van der Waals surface area (Å²) < 4.78 is 19.8. The van der Waals surface area contributed by atoms with E-state index in [1.165, 1.54) is 29.6 Å². The molecule has 2 heterocycles. The number of fused-ring (bicyclic) bond motifs is 1. The van der Waals surface area contributed by atoms with E-state index in [1.54, 1.807) is 12.1 Å². The predicted octanol–water partition coefficient (Wildman–Crippen LogP) is 0.845. The third-order valence-corrected chi connectivity index (χ3v) is 4.43. The van der Waals surface area contributed by atoms with Gasteiger partial charge in [0.2, 0.25) is 0 Å². The summed E-state index contributed by atoms with van der Waals surface area (Å²) in [6.45, 7) is 2.73. The van der Waals surface area contributed by atoms with Crippen LogP contribution in [0.1, 0.15) is 13.3 Å². The van der Waals surface area contributed by atoms with Crippen LogP contribution in [0, 0.1) is 0 Å². The highest BCUT2D eigenvalue weighted by Crippen LogP contribution is 2.17. The summed E-state index contributed by atoms with van der Waals surface area (Å²) in [5.74, 6) is 0.865. The zero-order valence-electron chi connectivity index (χ0n) is 17.2. The molecule has 10 heteroatoms. The maximum absolute atomic E-state index is 12.4. The number of nitrogens with zero attached hydrogens (tertiary/aromatic N) is 4. The molecule has 0 bridgehead atoms. The van der Waals surface area contributed by atoms with Gasteiger partial charge in [-0.2, -0.15) is 0 Å². The van der Waals surface area contributed by atoms with Crippen molar-refractivity contribution >= 4 is 17.1 Å². The van der Waals surface area contributed by atoms with Gasteiger partial charge in [0.05, 0.1) is 12.9 Å². The maximum atomic E-state index is 12.4. The van der Waals surface area contributed by atoms with Crippen molar-refractivity contribution in [1.29, 1.82) is 0 Å². The summed E-state index contributed by atoms with van der Waals surface area (Å²) in [7, 11) is 2.89. The Morgan fingerprint density at radius 1 is 0.967 bits per heavy atom. The van der Waals surface area contributed by atoms with Crippen molar-refractivity contribution in [3.63, 3.8) is 0 Å². The standard InChI is InChI=1S/C20H24N4O6/c1-4-9-28-14-5-7-15(8-6-14)29-10-11-30-16(25)12-24-13-21-18-17(24)19(26)23(3)20(27)22(18)2/h5-8,13H,4,9-12H2,1-3H3. The van der Waals surface area contributed by atoms with Crippen LogP contribution in [0.25, 0.3) is 11.2 Å². The van der Waals surface area contributed by atoms with E-state index in [4.69, 9.17) is 14.2 Å². The van der Waals surface area contributed by atoms with Crippen LogP contribution in [-0.4, -0.2) is 44.5 Å². The minimum absolute atomic E-state index is 0.0516. The summed E-state index contributed by atoms with van der Waals surface area (Å²) in [6, 6.07) is 7.19. The second-order valence-corrected chi connectivity index (χ2v) is 6.64. The first kappa shape index (κ1) is 21.2. The molecule has 0 aliphatic rings. The number of benzene rings is 1. The van der Waals surface area contributed by atoms with Crippen LogP contribution in [0.15, 0.2) is 40.2 Å². The van der Waals surface area contributed by atoms with Gasteiger partial charge in [0.15, 0.2) is 11.2 Å².